The Morgan fingerprint density at radius 1 is 0.591 bits per heavy atom. The lowest BCUT2D eigenvalue weighted by Gasteiger charge is -2.19. The van der Waals surface area contributed by atoms with E-state index >= 15 is 0 Å². The molecule has 3 aromatic rings. The first kappa shape index (κ1) is 16.1. The molecule has 0 radical (unpaired) electrons. The van der Waals surface area contributed by atoms with Crippen molar-refractivity contribution in [2.24, 2.45) is 0 Å². The molecule has 0 heterocycles. The fourth-order valence-electron chi connectivity index (χ4n) is 2.66. The van der Waals surface area contributed by atoms with Gasteiger partial charge in [0.25, 0.3) is 0 Å². The minimum absolute atomic E-state index is 0. The fourth-order valence-corrected chi connectivity index (χ4v) is 2.66. The molecule has 112 valence electrons. The minimum Gasteiger partial charge on any atom is -0.497 e. The molecule has 0 saturated heterocycles. The summed E-state index contributed by atoms with van der Waals surface area (Å²) in [7, 11) is 1.70. The van der Waals surface area contributed by atoms with Crippen LogP contribution in [0.4, 0.5) is 0 Å². The molecule has 0 aliphatic rings. The first-order chi connectivity index (χ1) is 10.4. The quantitative estimate of drug-likeness (QED) is 0.594. The van der Waals surface area contributed by atoms with Gasteiger partial charge in [0.2, 0.25) is 0 Å². The van der Waals surface area contributed by atoms with Crippen LogP contribution in [-0.2, 0) is 0 Å². The highest BCUT2D eigenvalue weighted by Crippen LogP contribution is 2.32. The number of hydrogen-bond donors (Lipinski definition) is 0. The number of halogens is 1. The third kappa shape index (κ3) is 3.49. The summed E-state index contributed by atoms with van der Waals surface area (Å²) in [5, 5.41) is 0. The summed E-state index contributed by atoms with van der Waals surface area (Å²) < 4.78 is 5.26. The second kappa shape index (κ2) is 7.67. The maximum absolute atomic E-state index is 5.26. The average Bonchev–Trinajstić information content (AvgIpc) is 2.58. The molecule has 0 saturated carbocycles. The predicted octanol–water partition coefficient (Wildman–Crippen LogP) is 5.30. The van der Waals surface area contributed by atoms with Gasteiger partial charge in [-0.25, -0.2) is 0 Å². The zero-order valence-corrected chi connectivity index (χ0v) is 13.3. The lowest BCUT2D eigenvalue weighted by Crippen LogP contribution is -2.03. The van der Waals surface area contributed by atoms with E-state index in [2.05, 4.69) is 72.8 Å². The van der Waals surface area contributed by atoms with Crippen LogP contribution in [0.15, 0.2) is 84.9 Å². The first-order valence-corrected chi connectivity index (χ1v) is 7.12. The third-order valence-electron chi connectivity index (χ3n) is 3.71. The predicted molar refractivity (Wildman–Crippen MR) is 94.1 cm³/mol. The van der Waals surface area contributed by atoms with E-state index in [1.807, 2.05) is 12.1 Å². The molecule has 3 rings (SSSR count). The average molecular weight is 311 g/mol. The molecule has 0 aromatic heterocycles. The molecule has 0 bridgehead atoms. The van der Waals surface area contributed by atoms with E-state index in [1.165, 1.54) is 16.7 Å². The summed E-state index contributed by atoms with van der Waals surface area (Å²) in [6.07, 6.45) is 0. The lowest BCUT2D eigenvalue weighted by molar-refractivity contribution is 0.414. The van der Waals surface area contributed by atoms with Crippen LogP contribution in [0.1, 0.15) is 22.6 Å². The van der Waals surface area contributed by atoms with Crippen molar-refractivity contribution in [2.75, 3.05) is 7.11 Å². The first-order valence-electron chi connectivity index (χ1n) is 7.12. The summed E-state index contributed by atoms with van der Waals surface area (Å²) >= 11 is 0. The van der Waals surface area contributed by atoms with Crippen LogP contribution in [-0.4, -0.2) is 7.11 Å². The van der Waals surface area contributed by atoms with E-state index < -0.39 is 0 Å². The van der Waals surface area contributed by atoms with Crippen LogP contribution in [0.25, 0.3) is 0 Å². The molecule has 0 amide bonds. The highest BCUT2D eigenvalue weighted by molar-refractivity contribution is 5.85. The number of rotatable bonds is 4. The summed E-state index contributed by atoms with van der Waals surface area (Å²) in [4.78, 5) is 0. The topological polar surface area (TPSA) is 9.23 Å². The van der Waals surface area contributed by atoms with Crippen LogP contribution in [0.2, 0.25) is 0 Å². The summed E-state index contributed by atoms with van der Waals surface area (Å²) in [5.74, 6) is 1.14. The van der Waals surface area contributed by atoms with Gasteiger partial charge < -0.3 is 4.74 Å². The van der Waals surface area contributed by atoms with Gasteiger partial charge in [-0.1, -0.05) is 72.8 Å². The van der Waals surface area contributed by atoms with Crippen molar-refractivity contribution in [3.8, 4) is 5.75 Å². The van der Waals surface area contributed by atoms with Crippen LogP contribution in [0, 0.1) is 0 Å². The second-order valence-electron chi connectivity index (χ2n) is 5.03. The van der Waals surface area contributed by atoms with Crippen molar-refractivity contribution in [1.82, 2.24) is 0 Å². The van der Waals surface area contributed by atoms with Crippen molar-refractivity contribution >= 4 is 12.4 Å². The summed E-state index contributed by atoms with van der Waals surface area (Å²) in [6.45, 7) is 0. The summed E-state index contributed by atoms with van der Waals surface area (Å²) in [6, 6.07) is 29.5. The molecule has 0 aliphatic carbocycles. The van der Waals surface area contributed by atoms with Crippen molar-refractivity contribution in [2.45, 2.75) is 5.92 Å². The molecule has 2 heteroatoms. The monoisotopic (exact) mass is 310 g/mol. The van der Waals surface area contributed by atoms with Gasteiger partial charge in [-0.15, -0.1) is 12.4 Å². The van der Waals surface area contributed by atoms with Crippen LogP contribution >= 0.6 is 12.4 Å². The Bertz CT molecular complexity index is 638. The zero-order valence-electron chi connectivity index (χ0n) is 12.5. The molecule has 3 aromatic carbocycles. The van der Waals surface area contributed by atoms with Crippen LogP contribution in [0.5, 0.6) is 5.75 Å². The smallest absolute Gasteiger partial charge is 0.118 e. The maximum atomic E-state index is 5.26. The minimum atomic E-state index is 0. The van der Waals surface area contributed by atoms with E-state index in [4.69, 9.17) is 4.74 Å². The van der Waals surface area contributed by atoms with Gasteiger partial charge in [-0.2, -0.15) is 0 Å². The lowest BCUT2D eigenvalue weighted by atomic mass is 9.85. The van der Waals surface area contributed by atoms with Gasteiger partial charge >= 0.3 is 0 Å². The molecule has 0 atom stereocenters. The third-order valence-corrected chi connectivity index (χ3v) is 3.71. The van der Waals surface area contributed by atoms with Gasteiger partial charge in [-0.3, -0.25) is 0 Å². The van der Waals surface area contributed by atoms with Gasteiger partial charge in [0.15, 0.2) is 0 Å². The Kier molecular flexibility index (Phi) is 5.62. The molecule has 0 spiro atoms. The van der Waals surface area contributed by atoms with E-state index in [-0.39, 0.29) is 18.3 Å². The molecule has 0 N–H and O–H groups in total. The van der Waals surface area contributed by atoms with E-state index in [0.717, 1.165) is 5.75 Å². The van der Waals surface area contributed by atoms with Crippen LogP contribution in [0.3, 0.4) is 0 Å². The van der Waals surface area contributed by atoms with E-state index in [0.29, 0.717) is 0 Å². The number of ether oxygens (including phenoxy) is 1. The molecular formula is C20H19ClO. The number of methoxy groups -OCH3 is 1. The van der Waals surface area contributed by atoms with E-state index in [1.54, 1.807) is 7.11 Å². The molecule has 0 aliphatic heterocycles. The van der Waals surface area contributed by atoms with Gasteiger partial charge in [0.1, 0.15) is 5.75 Å². The van der Waals surface area contributed by atoms with Crippen molar-refractivity contribution in [3.63, 3.8) is 0 Å². The molecule has 22 heavy (non-hydrogen) atoms. The van der Waals surface area contributed by atoms with Gasteiger partial charge in [0, 0.05) is 5.92 Å². The van der Waals surface area contributed by atoms with Crippen LogP contribution < -0.4 is 4.74 Å². The SMILES string of the molecule is COc1ccc(C(c2ccccc2)c2ccccc2)cc1.Cl. The Morgan fingerprint density at radius 2 is 1.00 bits per heavy atom. The van der Waals surface area contributed by atoms with Crippen molar-refractivity contribution in [1.29, 1.82) is 0 Å². The second-order valence-corrected chi connectivity index (χ2v) is 5.03. The Labute approximate surface area is 138 Å². The highest BCUT2D eigenvalue weighted by atomic mass is 35.5. The Hall–Kier alpha value is -2.25. The largest absolute Gasteiger partial charge is 0.497 e. The fraction of sp³-hybridized carbons (Fsp3) is 0.100. The zero-order chi connectivity index (χ0) is 14.5. The Morgan fingerprint density at radius 3 is 1.41 bits per heavy atom. The number of benzene rings is 3. The standard InChI is InChI=1S/C20H18O.ClH/c1-21-19-14-12-18(13-15-19)20(16-8-4-2-5-9-16)17-10-6-3-7-11-17;/h2-15,20H,1H3;1H. The summed E-state index contributed by atoms with van der Waals surface area (Å²) in [5.41, 5.74) is 3.87. The van der Waals surface area contributed by atoms with Crippen molar-refractivity contribution < 1.29 is 4.74 Å². The Balaban J connectivity index is 0.00000176. The number of hydrogen-bond acceptors (Lipinski definition) is 1. The normalized spacial score (nSPS) is 10.1. The maximum Gasteiger partial charge on any atom is 0.118 e. The van der Waals surface area contributed by atoms with E-state index in [9.17, 15) is 0 Å². The van der Waals surface area contributed by atoms with Gasteiger partial charge in [0.05, 0.1) is 7.11 Å². The van der Waals surface area contributed by atoms with Gasteiger partial charge in [-0.05, 0) is 28.8 Å². The molecule has 1 nitrogen and oxygen atoms in total. The molecule has 0 unspecified atom stereocenters. The molecular weight excluding hydrogens is 292 g/mol. The highest BCUT2D eigenvalue weighted by Gasteiger charge is 2.16. The molecule has 0 fully saturated rings. The van der Waals surface area contributed by atoms with Crippen molar-refractivity contribution in [3.05, 3.63) is 102 Å².